The highest BCUT2D eigenvalue weighted by molar-refractivity contribution is 5.95. The van der Waals surface area contributed by atoms with Gasteiger partial charge >= 0.3 is 6.18 Å². The van der Waals surface area contributed by atoms with Crippen molar-refractivity contribution in [2.45, 2.75) is 6.18 Å². The molecule has 0 aromatic heterocycles. The minimum absolute atomic E-state index is 0.155. The molecule has 0 bridgehead atoms. The fourth-order valence-electron chi connectivity index (χ4n) is 0.930. The van der Waals surface area contributed by atoms with Gasteiger partial charge in [-0.15, -0.1) is 0 Å². The molecule has 0 spiro atoms. The van der Waals surface area contributed by atoms with Gasteiger partial charge in [0.05, 0.1) is 5.56 Å². The Morgan fingerprint density at radius 1 is 1.29 bits per heavy atom. The number of hydrogen-bond acceptors (Lipinski definition) is 2. The lowest BCUT2D eigenvalue weighted by molar-refractivity contribution is -0.137. The molecule has 76 valence electrons. The number of nitrogens with two attached hydrogens (primary N) is 1. The minimum Gasteiger partial charge on any atom is -0.508 e. The number of halogens is 3. The Kier molecular flexibility index (Phi) is 2.37. The topological polar surface area (TPSA) is 70.1 Å². The van der Waals surface area contributed by atoms with Crippen molar-refractivity contribution in [1.82, 2.24) is 0 Å². The van der Waals surface area contributed by atoms with Gasteiger partial charge in [0, 0.05) is 5.56 Å². The van der Waals surface area contributed by atoms with Crippen molar-refractivity contribution in [3.8, 4) is 5.75 Å². The standard InChI is InChI=1S/C8H7F3N2O/c9-8(10,11)5-1-4(7(12)13)2-6(14)3-5/h1-3,14H,(H3,12,13). The molecule has 0 fully saturated rings. The molecule has 0 unspecified atom stereocenters. The average Bonchev–Trinajstić information content (AvgIpc) is 2.01. The SMILES string of the molecule is N=C(N)c1cc(O)cc(C(F)(F)F)c1. The Morgan fingerprint density at radius 3 is 2.29 bits per heavy atom. The second kappa shape index (κ2) is 3.21. The van der Waals surface area contributed by atoms with E-state index < -0.39 is 23.3 Å². The van der Waals surface area contributed by atoms with E-state index in [1.165, 1.54) is 0 Å². The first kappa shape index (κ1) is 10.4. The number of aromatic hydroxyl groups is 1. The maximum absolute atomic E-state index is 12.2. The quantitative estimate of drug-likeness (QED) is 0.481. The molecule has 1 aromatic rings. The van der Waals surface area contributed by atoms with Crippen LogP contribution in [0.15, 0.2) is 18.2 Å². The zero-order chi connectivity index (χ0) is 10.9. The molecule has 4 N–H and O–H groups in total. The summed E-state index contributed by atoms with van der Waals surface area (Å²) in [5.74, 6) is -1.09. The monoisotopic (exact) mass is 204 g/mol. The fourth-order valence-corrected chi connectivity index (χ4v) is 0.930. The summed E-state index contributed by atoms with van der Waals surface area (Å²) in [7, 11) is 0. The number of phenolic OH excluding ortho intramolecular Hbond substituents is 1. The maximum atomic E-state index is 12.2. The van der Waals surface area contributed by atoms with E-state index in [0.717, 1.165) is 6.07 Å². The average molecular weight is 204 g/mol. The van der Waals surface area contributed by atoms with Crippen LogP contribution in [0.4, 0.5) is 13.2 Å². The molecule has 0 saturated carbocycles. The molecule has 0 aliphatic heterocycles. The summed E-state index contributed by atoms with van der Waals surface area (Å²) in [6, 6.07) is 2.28. The second-order valence-electron chi connectivity index (χ2n) is 2.68. The van der Waals surface area contributed by atoms with Gasteiger partial charge in [0.2, 0.25) is 0 Å². The molecular formula is C8H7F3N2O. The number of nitrogens with one attached hydrogen (secondary N) is 1. The summed E-state index contributed by atoms with van der Waals surface area (Å²) < 4.78 is 36.6. The van der Waals surface area contributed by atoms with Crippen molar-refractivity contribution < 1.29 is 18.3 Å². The van der Waals surface area contributed by atoms with E-state index in [1.807, 2.05) is 0 Å². The van der Waals surface area contributed by atoms with Gasteiger partial charge in [0.1, 0.15) is 11.6 Å². The van der Waals surface area contributed by atoms with E-state index in [2.05, 4.69) is 0 Å². The lowest BCUT2D eigenvalue weighted by Gasteiger charge is -2.08. The van der Waals surface area contributed by atoms with Crippen LogP contribution in [0.5, 0.6) is 5.75 Å². The second-order valence-corrected chi connectivity index (χ2v) is 2.68. The fraction of sp³-hybridized carbons (Fsp3) is 0.125. The molecule has 0 saturated heterocycles. The largest absolute Gasteiger partial charge is 0.508 e. The molecule has 0 aliphatic rings. The van der Waals surface area contributed by atoms with Gasteiger partial charge in [-0.25, -0.2) is 0 Å². The van der Waals surface area contributed by atoms with Gasteiger partial charge in [-0.2, -0.15) is 13.2 Å². The molecule has 0 atom stereocenters. The van der Waals surface area contributed by atoms with Crippen LogP contribution in [-0.2, 0) is 6.18 Å². The highest BCUT2D eigenvalue weighted by Gasteiger charge is 2.31. The predicted molar refractivity (Wildman–Crippen MR) is 44.1 cm³/mol. The molecular weight excluding hydrogens is 197 g/mol. The lowest BCUT2D eigenvalue weighted by Crippen LogP contribution is -2.13. The van der Waals surface area contributed by atoms with Gasteiger partial charge in [-0.1, -0.05) is 0 Å². The first-order valence-corrected chi connectivity index (χ1v) is 3.56. The van der Waals surface area contributed by atoms with Crippen LogP contribution in [0.1, 0.15) is 11.1 Å². The van der Waals surface area contributed by atoms with E-state index in [4.69, 9.17) is 16.2 Å². The number of benzene rings is 1. The molecule has 0 aliphatic carbocycles. The predicted octanol–water partition coefficient (Wildman–Crippen LogP) is 1.70. The number of alkyl halides is 3. The summed E-state index contributed by atoms with van der Waals surface area (Å²) in [4.78, 5) is 0. The lowest BCUT2D eigenvalue weighted by atomic mass is 10.1. The Hall–Kier alpha value is -1.72. The molecule has 0 amide bonds. The maximum Gasteiger partial charge on any atom is 0.416 e. The zero-order valence-electron chi connectivity index (χ0n) is 6.89. The van der Waals surface area contributed by atoms with Crippen LogP contribution >= 0.6 is 0 Å². The van der Waals surface area contributed by atoms with E-state index >= 15 is 0 Å². The summed E-state index contributed by atoms with van der Waals surface area (Å²) in [6.07, 6.45) is -4.55. The molecule has 3 nitrogen and oxygen atoms in total. The third kappa shape index (κ3) is 2.15. The Bertz CT molecular complexity index is 373. The Balaban J connectivity index is 3.28. The van der Waals surface area contributed by atoms with Gasteiger partial charge in [0.25, 0.3) is 0 Å². The number of rotatable bonds is 1. The number of hydrogen-bond donors (Lipinski definition) is 3. The van der Waals surface area contributed by atoms with Crippen LogP contribution in [-0.4, -0.2) is 10.9 Å². The van der Waals surface area contributed by atoms with Gasteiger partial charge in [-0.3, -0.25) is 5.41 Å². The van der Waals surface area contributed by atoms with Crippen LogP contribution in [0.3, 0.4) is 0 Å². The first-order valence-electron chi connectivity index (χ1n) is 3.56. The van der Waals surface area contributed by atoms with Crippen molar-refractivity contribution in [1.29, 1.82) is 5.41 Å². The zero-order valence-corrected chi connectivity index (χ0v) is 6.89. The molecule has 1 rings (SSSR count). The van der Waals surface area contributed by atoms with Crippen molar-refractivity contribution in [3.63, 3.8) is 0 Å². The molecule has 0 heterocycles. The van der Waals surface area contributed by atoms with Crippen LogP contribution < -0.4 is 5.73 Å². The Morgan fingerprint density at radius 2 is 1.86 bits per heavy atom. The van der Waals surface area contributed by atoms with E-state index in [0.29, 0.717) is 12.1 Å². The minimum atomic E-state index is -4.55. The summed E-state index contributed by atoms with van der Waals surface area (Å²) in [6.45, 7) is 0. The Labute approximate surface area is 77.5 Å². The summed E-state index contributed by atoms with van der Waals surface area (Å²) >= 11 is 0. The molecule has 6 heteroatoms. The van der Waals surface area contributed by atoms with Crippen molar-refractivity contribution >= 4 is 5.84 Å². The van der Waals surface area contributed by atoms with Crippen LogP contribution in [0.25, 0.3) is 0 Å². The molecule has 0 radical (unpaired) electrons. The summed E-state index contributed by atoms with van der Waals surface area (Å²) in [5.41, 5.74) is 3.82. The van der Waals surface area contributed by atoms with Crippen molar-refractivity contribution in [2.24, 2.45) is 5.73 Å². The van der Waals surface area contributed by atoms with Crippen molar-refractivity contribution in [2.75, 3.05) is 0 Å². The first-order chi connectivity index (χ1) is 6.30. The summed E-state index contributed by atoms with van der Waals surface area (Å²) in [5, 5.41) is 15.9. The van der Waals surface area contributed by atoms with E-state index in [9.17, 15) is 13.2 Å². The highest BCUT2D eigenvalue weighted by Crippen LogP contribution is 2.32. The number of phenols is 1. The third-order valence-corrected chi connectivity index (χ3v) is 1.56. The van der Waals surface area contributed by atoms with E-state index in [1.54, 1.807) is 0 Å². The smallest absolute Gasteiger partial charge is 0.416 e. The van der Waals surface area contributed by atoms with E-state index in [-0.39, 0.29) is 5.56 Å². The number of amidine groups is 1. The van der Waals surface area contributed by atoms with Crippen molar-refractivity contribution in [3.05, 3.63) is 29.3 Å². The van der Waals surface area contributed by atoms with Gasteiger partial charge in [0.15, 0.2) is 0 Å². The normalized spacial score (nSPS) is 11.4. The van der Waals surface area contributed by atoms with Crippen LogP contribution in [0.2, 0.25) is 0 Å². The van der Waals surface area contributed by atoms with Gasteiger partial charge < -0.3 is 10.8 Å². The number of nitrogen functional groups attached to an aromatic ring is 1. The molecule has 14 heavy (non-hydrogen) atoms. The highest BCUT2D eigenvalue weighted by atomic mass is 19.4. The third-order valence-electron chi connectivity index (χ3n) is 1.56. The molecule has 1 aromatic carbocycles. The van der Waals surface area contributed by atoms with Crippen LogP contribution in [0, 0.1) is 5.41 Å². The van der Waals surface area contributed by atoms with Gasteiger partial charge in [-0.05, 0) is 18.2 Å².